The summed E-state index contributed by atoms with van der Waals surface area (Å²) < 4.78 is 0. The smallest absolute Gasteiger partial charge is 0.0911 e. The molecule has 0 radical (unpaired) electrons. The second-order valence-electron chi connectivity index (χ2n) is 3.82. The highest BCUT2D eigenvalue weighted by Crippen LogP contribution is 2.09. The van der Waals surface area contributed by atoms with Crippen LogP contribution in [0.25, 0.3) is 0 Å². The highest BCUT2D eigenvalue weighted by molar-refractivity contribution is 7.79. The molecule has 18 heavy (non-hydrogen) atoms. The van der Waals surface area contributed by atoms with Crippen molar-refractivity contribution in [3.8, 4) is 0 Å². The maximum Gasteiger partial charge on any atom is 0.0911 e. The average molecular weight is 256 g/mol. The molecule has 90 valence electrons. The second-order valence-corrected chi connectivity index (χ2v) is 4.05. The number of nitrogens with zero attached hydrogens (tertiary/aromatic N) is 2. The maximum atomic E-state index is 9.11. The van der Waals surface area contributed by atoms with Gasteiger partial charge in [0.25, 0.3) is 0 Å². The fourth-order valence-corrected chi connectivity index (χ4v) is 1.80. The number of thiocarbonyl (C=S) groups is 1. The van der Waals surface area contributed by atoms with E-state index in [1.807, 2.05) is 36.4 Å². The average Bonchev–Trinajstić information content (AvgIpc) is 2.46. The number of pyridine rings is 1. The topological polar surface area (TPSA) is 45.5 Å². The first-order valence-electron chi connectivity index (χ1n) is 5.49. The van der Waals surface area contributed by atoms with Crippen LogP contribution in [0.5, 0.6) is 0 Å². The van der Waals surface area contributed by atoms with E-state index in [9.17, 15) is 0 Å². The van der Waals surface area contributed by atoms with E-state index in [1.165, 1.54) is 0 Å². The van der Waals surface area contributed by atoms with E-state index >= 15 is 0 Å². The van der Waals surface area contributed by atoms with Crippen molar-refractivity contribution in [1.82, 2.24) is 4.98 Å². The molecule has 1 aromatic heterocycles. The van der Waals surface area contributed by atoms with Gasteiger partial charge in [-0.2, -0.15) is 0 Å². The van der Waals surface area contributed by atoms with Crippen molar-refractivity contribution in [1.29, 1.82) is 0 Å². The summed E-state index contributed by atoms with van der Waals surface area (Å²) in [6.07, 6.45) is 4.01. The van der Waals surface area contributed by atoms with Gasteiger partial charge in [0.1, 0.15) is 0 Å². The molecule has 0 unspecified atom stereocenters. The Labute approximate surface area is 111 Å². The standard InChI is InChI=1S/C14H12N2OS/c17-16-14(9-11-5-7-15-8-6-11)13-3-1-12(10-18)2-4-13/h1-8,10,17H,9H2. The summed E-state index contributed by atoms with van der Waals surface area (Å²) in [5.74, 6) is 0. The van der Waals surface area contributed by atoms with E-state index in [1.54, 1.807) is 17.8 Å². The van der Waals surface area contributed by atoms with Gasteiger partial charge < -0.3 is 5.21 Å². The molecular formula is C14H12N2OS. The number of hydrogen-bond donors (Lipinski definition) is 1. The van der Waals surface area contributed by atoms with Crippen LogP contribution in [0.1, 0.15) is 16.7 Å². The van der Waals surface area contributed by atoms with Gasteiger partial charge in [-0.05, 0) is 28.8 Å². The number of benzene rings is 1. The Bertz CT molecular complexity index is 550. The molecule has 0 saturated carbocycles. The summed E-state index contributed by atoms with van der Waals surface area (Å²) >= 11 is 4.85. The molecule has 0 aliphatic rings. The quantitative estimate of drug-likeness (QED) is 0.396. The van der Waals surface area contributed by atoms with Crippen LogP contribution in [0.2, 0.25) is 0 Å². The van der Waals surface area contributed by atoms with Gasteiger partial charge in [0, 0.05) is 24.2 Å². The summed E-state index contributed by atoms with van der Waals surface area (Å²) in [7, 11) is 0. The Morgan fingerprint density at radius 3 is 2.39 bits per heavy atom. The van der Waals surface area contributed by atoms with Crippen LogP contribution in [0.15, 0.2) is 53.9 Å². The van der Waals surface area contributed by atoms with Crippen LogP contribution < -0.4 is 0 Å². The minimum atomic E-state index is 0.565. The Morgan fingerprint density at radius 2 is 1.83 bits per heavy atom. The summed E-state index contributed by atoms with van der Waals surface area (Å²) in [5.41, 5.74) is 3.53. The molecular weight excluding hydrogens is 244 g/mol. The van der Waals surface area contributed by atoms with Crippen LogP contribution >= 0.6 is 12.2 Å². The maximum absolute atomic E-state index is 9.11. The lowest BCUT2D eigenvalue weighted by molar-refractivity contribution is 0.318. The molecule has 4 heteroatoms. The first-order valence-corrected chi connectivity index (χ1v) is 5.96. The van der Waals surface area contributed by atoms with Gasteiger partial charge in [-0.1, -0.05) is 41.6 Å². The highest BCUT2D eigenvalue weighted by Gasteiger charge is 2.05. The first-order chi connectivity index (χ1) is 8.83. The normalized spacial score (nSPS) is 11.2. The van der Waals surface area contributed by atoms with E-state index in [-0.39, 0.29) is 0 Å². The van der Waals surface area contributed by atoms with Crippen LogP contribution in [-0.4, -0.2) is 21.3 Å². The van der Waals surface area contributed by atoms with Gasteiger partial charge in [0.15, 0.2) is 0 Å². The van der Waals surface area contributed by atoms with Gasteiger partial charge >= 0.3 is 0 Å². The third-order valence-corrected chi connectivity index (χ3v) is 2.89. The predicted octanol–water partition coefficient (Wildman–Crippen LogP) is 2.85. The summed E-state index contributed by atoms with van der Waals surface area (Å²) in [5, 5.41) is 14.1. The fraction of sp³-hybridized carbons (Fsp3) is 0.0714. The van der Waals surface area contributed by atoms with E-state index in [2.05, 4.69) is 10.1 Å². The van der Waals surface area contributed by atoms with Crippen molar-refractivity contribution in [2.24, 2.45) is 5.16 Å². The van der Waals surface area contributed by atoms with Crippen LogP contribution in [-0.2, 0) is 6.42 Å². The van der Waals surface area contributed by atoms with E-state index in [0.29, 0.717) is 12.1 Å². The van der Waals surface area contributed by atoms with Gasteiger partial charge in [0.2, 0.25) is 0 Å². The Balaban J connectivity index is 2.21. The number of aromatic nitrogens is 1. The lowest BCUT2D eigenvalue weighted by atomic mass is 10.0. The van der Waals surface area contributed by atoms with Crippen molar-refractivity contribution in [2.45, 2.75) is 6.42 Å². The molecule has 1 aromatic carbocycles. The second kappa shape index (κ2) is 6.02. The molecule has 0 fully saturated rings. The van der Waals surface area contributed by atoms with Gasteiger partial charge in [-0.15, -0.1) is 0 Å². The lowest BCUT2D eigenvalue weighted by Gasteiger charge is -2.05. The minimum Gasteiger partial charge on any atom is -0.411 e. The van der Waals surface area contributed by atoms with Crippen molar-refractivity contribution in [3.05, 3.63) is 65.5 Å². The Morgan fingerprint density at radius 1 is 1.17 bits per heavy atom. The SMILES string of the molecule is ON=C(Cc1ccncc1)c1ccc(C=S)cc1. The molecule has 0 atom stereocenters. The van der Waals surface area contributed by atoms with Crippen LogP contribution in [0.4, 0.5) is 0 Å². The molecule has 0 amide bonds. The molecule has 3 nitrogen and oxygen atoms in total. The zero-order valence-corrected chi connectivity index (χ0v) is 10.5. The van der Waals surface area contributed by atoms with Crippen LogP contribution in [0, 0.1) is 0 Å². The monoisotopic (exact) mass is 256 g/mol. The third-order valence-electron chi connectivity index (χ3n) is 2.62. The summed E-state index contributed by atoms with van der Waals surface area (Å²) in [6, 6.07) is 11.4. The zero-order chi connectivity index (χ0) is 12.8. The third kappa shape index (κ3) is 2.99. The molecule has 0 aliphatic carbocycles. The summed E-state index contributed by atoms with van der Waals surface area (Å²) in [4.78, 5) is 3.96. The van der Waals surface area contributed by atoms with E-state index in [0.717, 1.165) is 16.7 Å². The number of oxime groups is 1. The molecule has 1 heterocycles. The molecule has 0 saturated heterocycles. The van der Waals surface area contributed by atoms with E-state index in [4.69, 9.17) is 17.4 Å². The van der Waals surface area contributed by atoms with E-state index < -0.39 is 0 Å². The molecule has 2 aromatic rings. The lowest BCUT2D eigenvalue weighted by Crippen LogP contribution is -2.05. The Kier molecular flexibility index (Phi) is 4.15. The number of hydrogen-bond acceptors (Lipinski definition) is 4. The predicted molar refractivity (Wildman–Crippen MR) is 75.5 cm³/mol. The fourth-order valence-electron chi connectivity index (χ4n) is 1.64. The highest BCUT2D eigenvalue weighted by atomic mass is 32.1. The van der Waals surface area contributed by atoms with Crippen molar-refractivity contribution in [3.63, 3.8) is 0 Å². The molecule has 0 aliphatic heterocycles. The number of rotatable bonds is 4. The Hall–Kier alpha value is -2.07. The van der Waals surface area contributed by atoms with Crippen molar-refractivity contribution in [2.75, 3.05) is 0 Å². The van der Waals surface area contributed by atoms with Crippen molar-refractivity contribution < 1.29 is 5.21 Å². The van der Waals surface area contributed by atoms with Gasteiger partial charge in [-0.25, -0.2) is 0 Å². The molecule has 0 bridgehead atoms. The molecule has 1 N–H and O–H groups in total. The minimum absolute atomic E-state index is 0.565. The van der Waals surface area contributed by atoms with Gasteiger partial charge in [0.05, 0.1) is 5.71 Å². The largest absolute Gasteiger partial charge is 0.411 e. The first kappa shape index (κ1) is 12.4. The zero-order valence-electron chi connectivity index (χ0n) is 9.65. The molecule has 2 rings (SSSR count). The van der Waals surface area contributed by atoms with Crippen molar-refractivity contribution >= 4 is 23.3 Å². The van der Waals surface area contributed by atoms with Crippen LogP contribution in [0.3, 0.4) is 0 Å². The summed E-state index contributed by atoms with van der Waals surface area (Å²) in [6.45, 7) is 0. The molecule has 0 spiro atoms. The van der Waals surface area contributed by atoms with Gasteiger partial charge in [-0.3, -0.25) is 4.98 Å².